The molecule has 3 heterocycles. The van der Waals surface area contributed by atoms with Crippen molar-refractivity contribution in [2.75, 3.05) is 6.61 Å². The van der Waals surface area contributed by atoms with E-state index in [2.05, 4.69) is 9.72 Å². The highest BCUT2D eigenvalue weighted by atomic mass is 19.3. The van der Waals surface area contributed by atoms with Gasteiger partial charge in [-0.3, -0.25) is 0 Å². The Morgan fingerprint density at radius 1 is 1.16 bits per heavy atom. The van der Waals surface area contributed by atoms with Crippen molar-refractivity contribution in [3.63, 3.8) is 0 Å². The van der Waals surface area contributed by atoms with Gasteiger partial charge in [-0.05, 0) is 75.6 Å². The summed E-state index contributed by atoms with van der Waals surface area (Å²) < 4.78 is 39.3. The zero-order valence-corrected chi connectivity index (χ0v) is 20.6. The number of hydrogen-bond donors (Lipinski definition) is 1. The van der Waals surface area contributed by atoms with Gasteiger partial charge in [-0.25, -0.2) is 18.6 Å². The maximum absolute atomic E-state index is 13.1. The molecule has 2 aliphatic rings. The molecule has 6 rings (SSSR count). The first-order valence-corrected chi connectivity index (χ1v) is 12.5. The summed E-state index contributed by atoms with van der Waals surface area (Å²) in [4.78, 5) is 16.5. The number of hydrogen-bond acceptors (Lipinski definition) is 5. The molecule has 2 aliphatic carbocycles. The molecule has 0 spiro atoms. The van der Waals surface area contributed by atoms with E-state index in [0.29, 0.717) is 29.2 Å². The molecular formula is C28H27F2N3O4. The highest BCUT2D eigenvalue weighted by molar-refractivity contribution is 5.99. The zero-order valence-electron chi connectivity index (χ0n) is 20.6. The number of aromatic carboxylic acids is 1. The number of aryl methyl sites for hydroxylation is 2. The maximum Gasteiger partial charge on any atom is 0.335 e. The number of carbonyl (C=O) groups is 1. The summed E-state index contributed by atoms with van der Waals surface area (Å²) in [5.41, 5.74) is 4.57. The molecule has 0 radical (unpaired) electrons. The molecule has 7 nitrogen and oxygen atoms in total. The number of carboxylic acid groups (broad SMARTS) is 1. The molecular weight excluding hydrogens is 480 g/mol. The van der Waals surface area contributed by atoms with Crippen molar-refractivity contribution in [3.05, 3.63) is 53.7 Å². The van der Waals surface area contributed by atoms with Crippen molar-refractivity contribution in [2.24, 2.45) is 11.8 Å². The number of nitrogens with zero attached hydrogens (tertiary/aromatic N) is 3. The second-order valence-corrected chi connectivity index (χ2v) is 10.1. The van der Waals surface area contributed by atoms with Gasteiger partial charge < -0.3 is 18.9 Å². The predicted octanol–water partition coefficient (Wildman–Crippen LogP) is 6.68. The van der Waals surface area contributed by atoms with Crippen molar-refractivity contribution in [3.8, 4) is 28.0 Å². The van der Waals surface area contributed by atoms with Gasteiger partial charge in [0, 0.05) is 46.1 Å². The van der Waals surface area contributed by atoms with Crippen molar-refractivity contribution in [2.45, 2.75) is 52.0 Å². The van der Waals surface area contributed by atoms with E-state index in [1.165, 1.54) is 37.8 Å². The number of rotatable bonds is 9. The van der Waals surface area contributed by atoms with Gasteiger partial charge in [-0.2, -0.15) is 0 Å². The summed E-state index contributed by atoms with van der Waals surface area (Å²) in [5, 5.41) is 14.4. The lowest BCUT2D eigenvalue weighted by Gasteiger charge is -2.19. The van der Waals surface area contributed by atoms with E-state index in [4.69, 9.17) is 14.2 Å². The number of aromatic nitrogens is 3. The smallest absolute Gasteiger partial charge is 0.335 e. The lowest BCUT2D eigenvalue weighted by molar-refractivity contribution is 0.0695. The van der Waals surface area contributed by atoms with E-state index in [9.17, 15) is 18.7 Å². The topological polar surface area (TPSA) is 90.4 Å². The molecule has 0 bridgehead atoms. The largest absolute Gasteiger partial charge is 0.487 e. The standard InChI is InChI=1S/C28H27F2N3O4/c1-14-25(15(2)37-32-14)19-9-21-22(20-8-7-18(28(34)35)10-23(20)36-13-24(29)30)12-33(27(21)31-11-19)26(16-3-4-16)17-5-6-17/h7-12,16-17,24,26H,3-6,13H2,1-2H3,(H,34,35). The third-order valence-electron chi connectivity index (χ3n) is 7.41. The van der Waals surface area contributed by atoms with Crippen LogP contribution in [0.15, 0.2) is 41.2 Å². The quantitative estimate of drug-likeness (QED) is 0.272. The minimum absolute atomic E-state index is 0.0277. The fraction of sp³-hybridized carbons (Fsp3) is 0.393. The Balaban J connectivity index is 1.57. The molecule has 1 N–H and O–H groups in total. The Bertz CT molecular complexity index is 1470. The van der Waals surface area contributed by atoms with Gasteiger partial charge in [-0.15, -0.1) is 0 Å². The van der Waals surface area contributed by atoms with Gasteiger partial charge in [0.1, 0.15) is 23.8 Å². The third-order valence-corrected chi connectivity index (χ3v) is 7.41. The van der Waals surface area contributed by atoms with Crippen LogP contribution in [-0.2, 0) is 0 Å². The average molecular weight is 508 g/mol. The fourth-order valence-electron chi connectivity index (χ4n) is 5.47. The highest BCUT2D eigenvalue weighted by Gasteiger charge is 2.43. The second kappa shape index (κ2) is 8.97. The Morgan fingerprint density at radius 3 is 2.49 bits per heavy atom. The molecule has 0 saturated heterocycles. The van der Waals surface area contributed by atoms with Crippen LogP contribution in [0.3, 0.4) is 0 Å². The van der Waals surface area contributed by atoms with E-state index in [0.717, 1.165) is 33.4 Å². The van der Waals surface area contributed by atoms with Crippen molar-refractivity contribution >= 4 is 17.0 Å². The Hall–Kier alpha value is -3.75. The summed E-state index contributed by atoms with van der Waals surface area (Å²) >= 11 is 0. The van der Waals surface area contributed by atoms with Crippen LogP contribution in [0.1, 0.15) is 53.5 Å². The van der Waals surface area contributed by atoms with E-state index >= 15 is 0 Å². The molecule has 3 aromatic heterocycles. The van der Waals surface area contributed by atoms with Gasteiger partial charge in [0.25, 0.3) is 6.43 Å². The van der Waals surface area contributed by atoms with Gasteiger partial charge in [-0.1, -0.05) is 5.16 Å². The highest BCUT2D eigenvalue weighted by Crippen LogP contribution is 2.54. The van der Waals surface area contributed by atoms with Crippen LogP contribution in [0.25, 0.3) is 33.3 Å². The molecule has 0 aliphatic heterocycles. The second-order valence-electron chi connectivity index (χ2n) is 10.1. The summed E-state index contributed by atoms with van der Waals surface area (Å²) in [6.45, 7) is 2.89. The molecule has 0 atom stereocenters. The van der Waals surface area contributed by atoms with Gasteiger partial charge >= 0.3 is 5.97 Å². The molecule has 2 saturated carbocycles. The molecule has 37 heavy (non-hydrogen) atoms. The summed E-state index contributed by atoms with van der Waals surface area (Å²) in [6, 6.07) is 6.78. The lowest BCUT2D eigenvalue weighted by atomic mass is 10.00. The summed E-state index contributed by atoms with van der Waals surface area (Å²) in [6.07, 6.45) is 5.92. The van der Waals surface area contributed by atoms with Crippen molar-refractivity contribution in [1.82, 2.24) is 14.7 Å². The number of alkyl halides is 2. The zero-order chi connectivity index (χ0) is 25.8. The molecule has 192 valence electrons. The number of ether oxygens (including phenoxy) is 1. The van der Waals surface area contributed by atoms with Crippen LogP contribution in [-0.4, -0.2) is 38.8 Å². The first-order chi connectivity index (χ1) is 17.8. The van der Waals surface area contributed by atoms with Crippen LogP contribution in [0.5, 0.6) is 5.75 Å². The number of carboxylic acids is 1. The Morgan fingerprint density at radius 2 is 1.89 bits per heavy atom. The van der Waals surface area contributed by atoms with Gasteiger partial charge in [0.2, 0.25) is 0 Å². The first kappa shape index (κ1) is 23.6. The average Bonchev–Trinajstić information content (AvgIpc) is 3.80. The summed E-state index contributed by atoms with van der Waals surface area (Å²) in [5.74, 6) is 0.838. The SMILES string of the molecule is Cc1noc(C)c1-c1cnc2c(c1)c(-c1ccc(C(=O)O)cc1OCC(F)F)cn2C(C1CC1)C1CC1. The predicted molar refractivity (Wildman–Crippen MR) is 133 cm³/mol. The minimum Gasteiger partial charge on any atom is -0.487 e. The van der Waals surface area contributed by atoms with E-state index in [-0.39, 0.29) is 11.3 Å². The fourth-order valence-corrected chi connectivity index (χ4v) is 5.47. The Labute approximate surface area is 212 Å². The molecule has 4 aromatic rings. The maximum atomic E-state index is 13.1. The number of halogens is 2. The monoisotopic (exact) mass is 507 g/mol. The Kier molecular flexibility index (Phi) is 5.73. The third kappa shape index (κ3) is 4.36. The van der Waals surface area contributed by atoms with Crippen molar-refractivity contribution in [1.29, 1.82) is 0 Å². The van der Waals surface area contributed by atoms with Gasteiger partial charge in [0.15, 0.2) is 0 Å². The normalized spacial score (nSPS) is 15.7. The molecule has 2 fully saturated rings. The van der Waals surface area contributed by atoms with Crippen LogP contribution >= 0.6 is 0 Å². The van der Waals surface area contributed by atoms with E-state index in [1.807, 2.05) is 32.3 Å². The molecule has 0 amide bonds. The van der Waals surface area contributed by atoms with E-state index < -0.39 is 19.0 Å². The number of pyridine rings is 1. The lowest BCUT2D eigenvalue weighted by Crippen LogP contribution is -2.13. The van der Waals surface area contributed by atoms with Crippen molar-refractivity contribution < 1.29 is 27.9 Å². The first-order valence-electron chi connectivity index (χ1n) is 12.5. The summed E-state index contributed by atoms with van der Waals surface area (Å²) in [7, 11) is 0. The number of benzene rings is 1. The van der Waals surface area contributed by atoms with E-state index in [1.54, 1.807) is 6.07 Å². The van der Waals surface area contributed by atoms with Crippen LogP contribution in [0.2, 0.25) is 0 Å². The van der Waals surface area contributed by atoms with Crippen LogP contribution in [0.4, 0.5) is 8.78 Å². The number of fused-ring (bicyclic) bond motifs is 1. The van der Waals surface area contributed by atoms with Gasteiger partial charge in [0.05, 0.1) is 11.3 Å². The van der Waals surface area contributed by atoms with Crippen LogP contribution in [0, 0.1) is 25.7 Å². The molecule has 0 unspecified atom stereocenters. The molecule has 1 aromatic carbocycles. The minimum atomic E-state index is -2.69. The van der Waals surface area contributed by atoms with Crippen LogP contribution < -0.4 is 4.74 Å². The molecule has 9 heteroatoms.